The largest absolute Gasteiger partial charge is 0.292 e. The number of carbonyl (C=O) groups is 1. The van der Waals surface area contributed by atoms with Gasteiger partial charge < -0.3 is 0 Å². The summed E-state index contributed by atoms with van der Waals surface area (Å²) in [6.07, 6.45) is 1.28. The first-order chi connectivity index (χ1) is 13.5. The molecule has 138 valence electrons. The first-order valence-electron chi connectivity index (χ1n) is 8.55. The molecule has 0 N–H and O–H groups in total. The fraction of sp³-hybridized carbons (Fsp3) is 0.0455. The maximum Gasteiger partial charge on any atom is 0.261 e. The van der Waals surface area contributed by atoms with E-state index in [9.17, 15) is 14.0 Å². The Morgan fingerprint density at radius 3 is 2.29 bits per heavy atom. The molecule has 0 radical (unpaired) electrons. The number of nitrogens with zero attached hydrogens (tertiary/aromatic N) is 2. The van der Waals surface area contributed by atoms with E-state index in [1.807, 2.05) is 36.4 Å². The van der Waals surface area contributed by atoms with E-state index in [2.05, 4.69) is 20.9 Å². The van der Waals surface area contributed by atoms with Gasteiger partial charge in [0.1, 0.15) is 5.82 Å². The van der Waals surface area contributed by atoms with E-state index >= 15 is 0 Å². The average Bonchev–Trinajstić information content (AvgIpc) is 2.71. The van der Waals surface area contributed by atoms with Crippen LogP contribution in [0.1, 0.15) is 10.4 Å². The van der Waals surface area contributed by atoms with Crippen molar-refractivity contribution in [1.82, 2.24) is 9.55 Å². The van der Waals surface area contributed by atoms with Crippen LogP contribution in [0.5, 0.6) is 0 Å². The van der Waals surface area contributed by atoms with Crippen molar-refractivity contribution in [2.24, 2.45) is 0 Å². The van der Waals surface area contributed by atoms with Gasteiger partial charge in [-0.15, -0.1) is 0 Å². The lowest BCUT2D eigenvalue weighted by molar-refractivity contribution is 0.0970. The summed E-state index contributed by atoms with van der Waals surface area (Å²) in [5.74, 6) is -0.660. The Kier molecular flexibility index (Phi) is 4.88. The molecule has 0 bridgehead atoms. The van der Waals surface area contributed by atoms with Crippen molar-refractivity contribution in [1.29, 1.82) is 0 Å². The second-order valence-corrected chi connectivity index (χ2v) is 7.26. The van der Waals surface area contributed by atoms with Gasteiger partial charge in [0, 0.05) is 16.1 Å². The van der Waals surface area contributed by atoms with Crippen LogP contribution in [0.25, 0.3) is 22.0 Å². The van der Waals surface area contributed by atoms with Crippen LogP contribution < -0.4 is 5.56 Å². The monoisotopic (exact) mass is 436 g/mol. The second kappa shape index (κ2) is 7.48. The van der Waals surface area contributed by atoms with Crippen LogP contribution in [0.3, 0.4) is 0 Å². The van der Waals surface area contributed by atoms with E-state index < -0.39 is 5.82 Å². The minimum Gasteiger partial charge on any atom is -0.292 e. The topological polar surface area (TPSA) is 52.0 Å². The van der Waals surface area contributed by atoms with Gasteiger partial charge in [-0.2, -0.15) is 0 Å². The van der Waals surface area contributed by atoms with Crippen molar-refractivity contribution < 1.29 is 9.18 Å². The highest BCUT2D eigenvalue weighted by Gasteiger charge is 2.11. The smallest absolute Gasteiger partial charge is 0.261 e. The van der Waals surface area contributed by atoms with E-state index in [0.29, 0.717) is 5.56 Å². The summed E-state index contributed by atoms with van der Waals surface area (Å²) >= 11 is 3.41. The minimum absolute atomic E-state index is 0.128. The van der Waals surface area contributed by atoms with Crippen molar-refractivity contribution >= 4 is 32.6 Å². The molecular formula is C22H14BrFN2O2. The summed E-state index contributed by atoms with van der Waals surface area (Å²) in [4.78, 5) is 29.2. The van der Waals surface area contributed by atoms with E-state index in [-0.39, 0.29) is 28.8 Å². The molecular weight excluding hydrogens is 423 g/mol. The maximum absolute atomic E-state index is 13.3. The van der Waals surface area contributed by atoms with Gasteiger partial charge in [-0.3, -0.25) is 14.2 Å². The molecule has 0 saturated carbocycles. The standard InChI is InChI=1S/C22H14BrFN2O2/c23-17-7-5-15(6-8-17)14-1-3-16(4-2-14)21(27)12-26-13-25-20-11-18(24)9-10-19(20)22(26)28/h1-11,13H,12H2. The molecule has 28 heavy (non-hydrogen) atoms. The lowest BCUT2D eigenvalue weighted by atomic mass is 10.0. The Morgan fingerprint density at radius 1 is 0.964 bits per heavy atom. The fourth-order valence-electron chi connectivity index (χ4n) is 2.98. The fourth-order valence-corrected chi connectivity index (χ4v) is 3.25. The van der Waals surface area contributed by atoms with Crippen LogP contribution in [-0.4, -0.2) is 15.3 Å². The van der Waals surface area contributed by atoms with Gasteiger partial charge in [0.2, 0.25) is 0 Å². The van der Waals surface area contributed by atoms with Crippen LogP contribution in [0, 0.1) is 5.82 Å². The molecule has 4 aromatic rings. The molecule has 0 aliphatic heterocycles. The molecule has 1 heterocycles. The first-order valence-corrected chi connectivity index (χ1v) is 9.34. The third kappa shape index (κ3) is 3.64. The maximum atomic E-state index is 13.3. The lowest BCUT2D eigenvalue weighted by Gasteiger charge is -2.07. The Labute approximate surface area is 168 Å². The molecule has 3 aromatic carbocycles. The molecule has 1 aromatic heterocycles. The molecule has 0 unspecified atom stereocenters. The van der Waals surface area contributed by atoms with E-state index in [1.54, 1.807) is 12.1 Å². The quantitative estimate of drug-likeness (QED) is 0.429. The minimum atomic E-state index is -0.459. The Hall–Kier alpha value is -3.12. The Balaban J connectivity index is 1.57. The highest BCUT2D eigenvalue weighted by Crippen LogP contribution is 2.22. The number of fused-ring (bicyclic) bond motifs is 1. The summed E-state index contributed by atoms with van der Waals surface area (Å²) in [6, 6.07) is 18.9. The molecule has 0 saturated heterocycles. The second-order valence-electron chi connectivity index (χ2n) is 6.35. The van der Waals surface area contributed by atoms with Crippen molar-refractivity contribution in [3.63, 3.8) is 0 Å². The van der Waals surface area contributed by atoms with Crippen molar-refractivity contribution in [2.45, 2.75) is 6.54 Å². The zero-order chi connectivity index (χ0) is 19.7. The first kappa shape index (κ1) is 18.3. The molecule has 4 rings (SSSR count). The highest BCUT2D eigenvalue weighted by molar-refractivity contribution is 9.10. The van der Waals surface area contributed by atoms with Gasteiger partial charge in [0.15, 0.2) is 5.78 Å². The van der Waals surface area contributed by atoms with Gasteiger partial charge >= 0.3 is 0 Å². The molecule has 6 heteroatoms. The number of hydrogen-bond donors (Lipinski definition) is 0. The SMILES string of the molecule is O=C(Cn1cnc2cc(F)ccc2c1=O)c1ccc(-c2ccc(Br)cc2)cc1. The summed E-state index contributed by atoms with van der Waals surface area (Å²) in [6.45, 7) is -0.128. The predicted molar refractivity (Wildman–Crippen MR) is 110 cm³/mol. The van der Waals surface area contributed by atoms with Gasteiger partial charge in [0.05, 0.1) is 23.8 Å². The molecule has 4 nitrogen and oxygen atoms in total. The Morgan fingerprint density at radius 2 is 1.61 bits per heavy atom. The summed E-state index contributed by atoms with van der Waals surface area (Å²) in [5, 5.41) is 0.280. The molecule has 0 amide bonds. The summed E-state index contributed by atoms with van der Waals surface area (Å²) < 4.78 is 15.5. The van der Waals surface area contributed by atoms with Gasteiger partial charge in [-0.1, -0.05) is 52.3 Å². The molecule has 0 atom stereocenters. The van der Waals surface area contributed by atoms with Gasteiger partial charge in [0.25, 0.3) is 5.56 Å². The number of benzene rings is 3. The zero-order valence-electron chi connectivity index (χ0n) is 14.6. The molecule has 0 aliphatic carbocycles. The number of hydrogen-bond acceptors (Lipinski definition) is 3. The van der Waals surface area contributed by atoms with Crippen LogP contribution in [0.2, 0.25) is 0 Å². The molecule has 0 spiro atoms. The lowest BCUT2D eigenvalue weighted by Crippen LogP contribution is -2.24. The number of ketones is 1. The number of Topliss-reactive ketones (excluding diaryl/α,β-unsaturated/α-hetero) is 1. The summed E-state index contributed by atoms with van der Waals surface area (Å²) in [5.41, 5.74) is 2.45. The van der Waals surface area contributed by atoms with E-state index in [0.717, 1.165) is 15.6 Å². The van der Waals surface area contributed by atoms with Crippen LogP contribution in [0.4, 0.5) is 4.39 Å². The van der Waals surface area contributed by atoms with Crippen LogP contribution in [0.15, 0.2) is 82.3 Å². The normalized spacial score (nSPS) is 10.9. The number of rotatable bonds is 4. The average molecular weight is 437 g/mol. The number of halogens is 2. The molecule has 0 fully saturated rings. The highest BCUT2D eigenvalue weighted by atomic mass is 79.9. The van der Waals surface area contributed by atoms with Crippen molar-refractivity contribution in [2.75, 3.05) is 0 Å². The summed E-state index contributed by atoms with van der Waals surface area (Å²) in [7, 11) is 0. The predicted octanol–water partition coefficient (Wildman–Crippen LogP) is 4.85. The van der Waals surface area contributed by atoms with E-state index in [1.165, 1.54) is 29.1 Å². The van der Waals surface area contributed by atoms with Crippen LogP contribution in [-0.2, 0) is 6.54 Å². The van der Waals surface area contributed by atoms with Crippen molar-refractivity contribution in [3.05, 3.63) is 99.3 Å². The van der Waals surface area contributed by atoms with Crippen molar-refractivity contribution in [3.8, 4) is 11.1 Å². The number of aromatic nitrogens is 2. The number of carbonyl (C=O) groups excluding carboxylic acids is 1. The van der Waals surface area contributed by atoms with Gasteiger partial charge in [-0.25, -0.2) is 9.37 Å². The Bertz CT molecular complexity index is 1230. The zero-order valence-corrected chi connectivity index (χ0v) is 16.2. The van der Waals surface area contributed by atoms with Gasteiger partial charge in [-0.05, 0) is 35.4 Å². The third-order valence-corrected chi connectivity index (χ3v) is 5.01. The van der Waals surface area contributed by atoms with Crippen LogP contribution >= 0.6 is 15.9 Å². The third-order valence-electron chi connectivity index (χ3n) is 4.49. The molecule has 0 aliphatic rings. The van der Waals surface area contributed by atoms with E-state index in [4.69, 9.17) is 0 Å².